The van der Waals surface area contributed by atoms with Gasteiger partial charge in [-0.1, -0.05) is 60.7 Å². The molecule has 0 saturated carbocycles. The smallest absolute Gasteiger partial charge is 0.111 e. The topological polar surface area (TPSA) is 79.2 Å². The van der Waals surface area contributed by atoms with E-state index >= 15 is 0 Å². The van der Waals surface area contributed by atoms with Crippen molar-refractivity contribution in [1.29, 1.82) is 0 Å². The van der Waals surface area contributed by atoms with Gasteiger partial charge in [-0.3, -0.25) is 0 Å². The normalized spacial score (nSPS) is 15.0. The lowest BCUT2D eigenvalue weighted by Crippen LogP contribution is -2.44. The van der Waals surface area contributed by atoms with Gasteiger partial charge >= 0.3 is 0 Å². The van der Waals surface area contributed by atoms with Gasteiger partial charge in [-0.25, -0.2) is 0 Å². The molecule has 0 amide bonds. The van der Waals surface area contributed by atoms with Crippen molar-refractivity contribution in [2.45, 2.75) is 31.5 Å². The SMILES string of the molecule is OC[C@H](OCc1ccccc1)C(O)[C@@H](CO)OCc1ccccc1. The van der Waals surface area contributed by atoms with E-state index in [1.54, 1.807) is 0 Å². The monoisotopic (exact) mass is 332 g/mol. The summed E-state index contributed by atoms with van der Waals surface area (Å²) in [5.41, 5.74) is 1.88. The average molecular weight is 332 g/mol. The van der Waals surface area contributed by atoms with Gasteiger partial charge < -0.3 is 24.8 Å². The second-order valence-corrected chi connectivity index (χ2v) is 5.53. The lowest BCUT2D eigenvalue weighted by atomic mass is 10.1. The summed E-state index contributed by atoms with van der Waals surface area (Å²) in [5.74, 6) is 0. The number of rotatable bonds is 10. The second-order valence-electron chi connectivity index (χ2n) is 5.53. The Kier molecular flexibility index (Phi) is 7.88. The summed E-state index contributed by atoms with van der Waals surface area (Å²) in [5, 5.41) is 29.3. The van der Waals surface area contributed by atoms with E-state index in [4.69, 9.17) is 9.47 Å². The van der Waals surface area contributed by atoms with Gasteiger partial charge in [0, 0.05) is 0 Å². The maximum Gasteiger partial charge on any atom is 0.111 e. The highest BCUT2D eigenvalue weighted by Gasteiger charge is 2.28. The van der Waals surface area contributed by atoms with Gasteiger partial charge in [0.15, 0.2) is 0 Å². The fourth-order valence-electron chi connectivity index (χ4n) is 2.31. The van der Waals surface area contributed by atoms with Crippen molar-refractivity contribution >= 4 is 0 Å². The number of ether oxygens (including phenoxy) is 2. The predicted octanol–water partition coefficient (Wildman–Crippen LogP) is 1.50. The number of benzene rings is 2. The standard InChI is InChI=1S/C19H24O5/c20-11-17(23-13-15-7-3-1-4-8-15)19(22)18(12-21)24-14-16-9-5-2-6-10-16/h1-10,17-22H,11-14H2/t17-,18+,19?. The molecule has 5 heteroatoms. The first kappa shape index (κ1) is 18.6. The minimum Gasteiger partial charge on any atom is -0.394 e. The highest BCUT2D eigenvalue weighted by molar-refractivity contribution is 5.14. The van der Waals surface area contributed by atoms with Crippen molar-refractivity contribution in [2.24, 2.45) is 0 Å². The fraction of sp³-hybridized carbons (Fsp3) is 0.368. The minimum atomic E-state index is -1.13. The largest absolute Gasteiger partial charge is 0.394 e. The molecule has 0 aliphatic rings. The van der Waals surface area contributed by atoms with Crippen molar-refractivity contribution in [1.82, 2.24) is 0 Å². The molecule has 0 radical (unpaired) electrons. The molecule has 130 valence electrons. The van der Waals surface area contributed by atoms with Crippen LogP contribution in [-0.2, 0) is 22.7 Å². The van der Waals surface area contributed by atoms with E-state index in [1.807, 2.05) is 60.7 Å². The highest BCUT2D eigenvalue weighted by Crippen LogP contribution is 2.13. The van der Waals surface area contributed by atoms with Crippen LogP contribution < -0.4 is 0 Å². The quantitative estimate of drug-likeness (QED) is 0.614. The second kappa shape index (κ2) is 10.2. The zero-order chi connectivity index (χ0) is 17.2. The summed E-state index contributed by atoms with van der Waals surface area (Å²) in [6.07, 6.45) is -2.80. The maximum absolute atomic E-state index is 10.4. The molecule has 1 unspecified atom stereocenters. The van der Waals surface area contributed by atoms with E-state index in [0.717, 1.165) is 11.1 Å². The molecule has 0 aliphatic carbocycles. The first-order valence-corrected chi connectivity index (χ1v) is 7.95. The summed E-state index contributed by atoms with van der Waals surface area (Å²) in [7, 11) is 0. The van der Waals surface area contributed by atoms with Crippen molar-refractivity contribution in [2.75, 3.05) is 13.2 Å². The summed E-state index contributed by atoms with van der Waals surface area (Å²) in [4.78, 5) is 0. The molecule has 24 heavy (non-hydrogen) atoms. The molecule has 2 aromatic rings. The van der Waals surface area contributed by atoms with Gasteiger partial charge in [-0.15, -0.1) is 0 Å². The molecule has 3 atom stereocenters. The van der Waals surface area contributed by atoms with E-state index in [9.17, 15) is 15.3 Å². The van der Waals surface area contributed by atoms with Gasteiger partial charge in [0.05, 0.1) is 26.4 Å². The average Bonchev–Trinajstić information content (AvgIpc) is 2.64. The van der Waals surface area contributed by atoms with E-state index in [2.05, 4.69) is 0 Å². The van der Waals surface area contributed by atoms with Crippen LogP contribution in [0, 0.1) is 0 Å². The van der Waals surface area contributed by atoms with Crippen LogP contribution in [0.2, 0.25) is 0 Å². The van der Waals surface area contributed by atoms with Crippen LogP contribution in [0.15, 0.2) is 60.7 Å². The van der Waals surface area contributed by atoms with Crippen LogP contribution in [0.5, 0.6) is 0 Å². The van der Waals surface area contributed by atoms with Crippen LogP contribution >= 0.6 is 0 Å². The van der Waals surface area contributed by atoms with Gasteiger partial charge in [-0.2, -0.15) is 0 Å². The highest BCUT2D eigenvalue weighted by atomic mass is 16.5. The molecule has 2 rings (SSSR count). The van der Waals surface area contributed by atoms with E-state index in [1.165, 1.54) is 0 Å². The number of aliphatic hydroxyl groups excluding tert-OH is 3. The molecule has 0 aliphatic heterocycles. The number of hydrogen-bond donors (Lipinski definition) is 3. The maximum atomic E-state index is 10.4. The summed E-state index contributed by atoms with van der Waals surface area (Å²) >= 11 is 0. The van der Waals surface area contributed by atoms with E-state index < -0.39 is 18.3 Å². The summed E-state index contributed by atoms with van der Waals surface area (Å²) in [6, 6.07) is 19.0. The van der Waals surface area contributed by atoms with E-state index in [-0.39, 0.29) is 26.4 Å². The zero-order valence-corrected chi connectivity index (χ0v) is 13.5. The van der Waals surface area contributed by atoms with Gasteiger partial charge in [-0.05, 0) is 11.1 Å². The molecule has 2 aromatic carbocycles. The van der Waals surface area contributed by atoms with Gasteiger partial charge in [0.2, 0.25) is 0 Å². The van der Waals surface area contributed by atoms with Gasteiger partial charge in [0.1, 0.15) is 18.3 Å². The molecule has 0 bridgehead atoms. The van der Waals surface area contributed by atoms with Crippen LogP contribution in [0.4, 0.5) is 0 Å². The summed E-state index contributed by atoms with van der Waals surface area (Å²) < 4.78 is 11.2. The molecule has 0 heterocycles. The van der Waals surface area contributed by atoms with Crippen molar-refractivity contribution in [3.63, 3.8) is 0 Å². The Morgan fingerprint density at radius 2 is 1.04 bits per heavy atom. The Morgan fingerprint density at radius 3 is 1.38 bits per heavy atom. The van der Waals surface area contributed by atoms with Crippen molar-refractivity contribution in [3.8, 4) is 0 Å². The van der Waals surface area contributed by atoms with Crippen LogP contribution in [-0.4, -0.2) is 46.8 Å². The molecule has 0 spiro atoms. The number of aliphatic hydroxyl groups is 3. The Bertz CT molecular complexity index is 509. The summed E-state index contributed by atoms with van der Waals surface area (Å²) in [6.45, 7) is -0.196. The predicted molar refractivity (Wildman–Crippen MR) is 90.2 cm³/mol. The number of hydrogen-bond acceptors (Lipinski definition) is 5. The first-order chi connectivity index (χ1) is 11.7. The van der Waals surface area contributed by atoms with Gasteiger partial charge in [0.25, 0.3) is 0 Å². The fourth-order valence-corrected chi connectivity index (χ4v) is 2.31. The van der Waals surface area contributed by atoms with Crippen LogP contribution in [0.3, 0.4) is 0 Å². The Labute approximate surface area is 142 Å². The van der Waals surface area contributed by atoms with Crippen molar-refractivity contribution < 1.29 is 24.8 Å². The first-order valence-electron chi connectivity index (χ1n) is 7.95. The third kappa shape index (κ3) is 5.70. The van der Waals surface area contributed by atoms with Crippen molar-refractivity contribution in [3.05, 3.63) is 71.8 Å². The van der Waals surface area contributed by atoms with Crippen LogP contribution in [0.1, 0.15) is 11.1 Å². The Morgan fingerprint density at radius 1 is 0.667 bits per heavy atom. The minimum absolute atomic E-state index is 0.264. The molecule has 5 nitrogen and oxygen atoms in total. The lowest BCUT2D eigenvalue weighted by molar-refractivity contribution is -0.143. The Hall–Kier alpha value is -1.76. The zero-order valence-electron chi connectivity index (χ0n) is 13.5. The lowest BCUT2D eigenvalue weighted by Gasteiger charge is -2.28. The molecule has 0 fully saturated rings. The molecular formula is C19H24O5. The molecule has 0 aromatic heterocycles. The molecule has 3 N–H and O–H groups in total. The third-order valence-corrected chi connectivity index (χ3v) is 3.74. The molecular weight excluding hydrogens is 308 g/mol. The third-order valence-electron chi connectivity index (χ3n) is 3.74. The Balaban J connectivity index is 1.88. The van der Waals surface area contributed by atoms with E-state index in [0.29, 0.717) is 0 Å². The van der Waals surface area contributed by atoms with Crippen LogP contribution in [0.25, 0.3) is 0 Å². The molecule has 0 saturated heterocycles.